The third-order valence-electron chi connectivity index (χ3n) is 4.72. The Hall–Kier alpha value is -3.65. The van der Waals surface area contributed by atoms with Gasteiger partial charge in [-0.2, -0.15) is 9.50 Å². The molecule has 0 aliphatic rings. The Labute approximate surface area is 195 Å². The average Bonchev–Trinajstić information content (AvgIpc) is 3.36. The van der Waals surface area contributed by atoms with Crippen molar-refractivity contribution in [1.82, 2.24) is 14.6 Å². The minimum atomic E-state index is -0.209. The van der Waals surface area contributed by atoms with Crippen LogP contribution in [-0.4, -0.2) is 34.9 Å². The maximum Gasteiger partial charge on any atom is 0.291 e. The second-order valence-electron chi connectivity index (χ2n) is 7.78. The quantitative estimate of drug-likeness (QED) is 0.350. The Bertz CT molecular complexity index is 1370. The third kappa shape index (κ3) is 5.06. The molecule has 0 bridgehead atoms. The summed E-state index contributed by atoms with van der Waals surface area (Å²) in [7, 11) is 1.60. The van der Waals surface area contributed by atoms with E-state index in [0.29, 0.717) is 45.9 Å². The fraction of sp³-hybridized carbons (Fsp3) is 0.240. The van der Waals surface area contributed by atoms with Gasteiger partial charge in [-0.1, -0.05) is 43.9 Å². The number of thiazole rings is 1. The van der Waals surface area contributed by atoms with Crippen LogP contribution in [-0.2, 0) is 0 Å². The predicted molar refractivity (Wildman–Crippen MR) is 130 cm³/mol. The van der Waals surface area contributed by atoms with Gasteiger partial charge in [0.1, 0.15) is 12.4 Å². The van der Waals surface area contributed by atoms with Gasteiger partial charge in [0.25, 0.3) is 5.56 Å². The lowest BCUT2D eigenvalue weighted by molar-refractivity contribution is 0.257. The molecule has 4 rings (SSSR count). The first-order chi connectivity index (χ1) is 16.0. The zero-order valence-electron chi connectivity index (χ0n) is 18.8. The summed E-state index contributed by atoms with van der Waals surface area (Å²) in [4.78, 5) is 18.0. The lowest BCUT2D eigenvalue weighted by Gasteiger charge is -2.12. The number of hydrogen-bond donors (Lipinski definition) is 0. The Morgan fingerprint density at radius 3 is 2.58 bits per heavy atom. The molecule has 2 heterocycles. The molecule has 33 heavy (non-hydrogen) atoms. The summed E-state index contributed by atoms with van der Waals surface area (Å²) < 4.78 is 18.6. The summed E-state index contributed by atoms with van der Waals surface area (Å²) in [6.45, 7) is 8.85. The van der Waals surface area contributed by atoms with E-state index in [0.717, 1.165) is 16.9 Å². The van der Waals surface area contributed by atoms with Crippen LogP contribution in [0.5, 0.6) is 17.2 Å². The Morgan fingerprint density at radius 2 is 1.91 bits per heavy atom. The molecule has 2 aromatic heterocycles. The molecule has 2 aromatic carbocycles. The van der Waals surface area contributed by atoms with E-state index in [1.54, 1.807) is 13.2 Å². The molecule has 0 aliphatic heterocycles. The first kappa shape index (κ1) is 22.5. The molecular formula is C25H25N3O4S. The summed E-state index contributed by atoms with van der Waals surface area (Å²) in [5.41, 5.74) is 1.43. The van der Waals surface area contributed by atoms with Crippen LogP contribution in [0.4, 0.5) is 0 Å². The third-order valence-corrected chi connectivity index (χ3v) is 5.68. The van der Waals surface area contributed by atoms with Crippen LogP contribution in [0.1, 0.15) is 19.4 Å². The normalized spacial score (nSPS) is 11.8. The maximum absolute atomic E-state index is 12.9. The van der Waals surface area contributed by atoms with Gasteiger partial charge in [-0.15, -0.1) is 5.10 Å². The van der Waals surface area contributed by atoms with Gasteiger partial charge in [0.2, 0.25) is 4.96 Å². The molecule has 0 saturated heterocycles. The lowest BCUT2D eigenvalue weighted by Crippen LogP contribution is -2.23. The first-order valence-corrected chi connectivity index (χ1v) is 11.4. The van der Waals surface area contributed by atoms with E-state index in [1.165, 1.54) is 15.9 Å². The van der Waals surface area contributed by atoms with Crippen LogP contribution in [0, 0.1) is 5.92 Å². The van der Waals surface area contributed by atoms with E-state index in [4.69, 9.17) is 14.2 Å². The topological polar surface area (TPSA) is 75.0 Å². The van der Waals surface area contributed by atoms with Crippen molar-refractivity contribution in [2.45, 2.75) is 13.8 Å². The lowest BCUT2D eigenvalue weighted by atomic mass is 10.2. The largest absolute Gasteiger partial charge is 0.493 e. The van der Waals surface area contributed by atoms with Crippen LogP contribution < -0.4 is 24.3 Å². The standard InChI is InChI=1S/C25H25N3O4S/c1-5-12-31-19-9-7-18(8-10-19)23-26-25-28(27-23)24(29)22(33-25)14-17-6-11-20(21(13-17)30-4)32-15-16(2)3/h5-11,13-14,16H,1,12,15H2,2-4H3. The van der Waals surface area contributed by atoms with Crippen LogP contribution in [0.15, 0.2) is 59.9 Å². The van der Waals surface area contributed by atoms with Gasteiger partial charge >= 0.3 is 0 Å². The molecule has 0 radical (unpaired) electrons. The van der Waals surface area contributed by atoms with Crippen LogP contribution >= 0.6 is 11.3 Å². The molecular weight excluding hydrogens is 438 g/mol. The Balaban J connectivity index is 1.61. The highest BCUT2D eigenvalue weighted by molar-refractivity contribution is 7.15. The highest BCUT2D eigenvalue weighted by atomic mass is 32.1. The number of fused-ring (bicyclic) bond motifs is 1. The minimum Gasteiger partial charge on any atom is -0.493 e. The minimum absolute atomic E-state index is 0.209. The van der Waals surface area contributed by atoms with Crippen molar-refractivity contribution in [3.8, 4) is 28.6 Å². The van der Waals surface area contributed by atoms with Gasteiger partial charge in [0.05, 0.1) is 18.2 Å². The van der Waals surface area contributed by atoms with Gasteiger partial charge in [-0.3, -0.25) is 4.79 Å². The molecule has 0 fully saturated rings. The smallest absolute Gasteiger partial charge is 0.291 e. The van der Waals surface area contributed by atoms with E-state index in [1.807, 2.05) is 48.5 Å². The summed E-state index contributed by atoms with van der Waals surface area (Å²) in [6.07, 6.45) is 3.50. The summed E-state index contributed by atoms with van der Waals surface area (Å²) in [5, 5.41) is 4.41. The van der Waals surface area contributed by atoms with Crippen LogP contribution in [0.2, 0.25) is 0 Å². The van der Waals surface area contributed by atoms with Gasteiger partial charge in [-0.05, 0) is 54.0 Å². The molecule has 170 valence electrons. The highest BCUT2D eigenvalue weighted by Crippen LogP contribution is 2.29. The second-order valence-corrected chi connectivity index (χ2v) is 8.79. The molecule has 0 unspecified atom stereocenters. The molecule has 0 atom stereocenters. The summed E-state index contributed by atoms with van der Waals surface area (Å²) in [5.74, 6) is 2.94. The van der Waals surface area contributed by atoms with Crippen molar-refractivity contribution in [2.24, 2.45) is 5.92 Å². The van der Waals surface area contributed by atoms with Crippen molar-refractivity contribution >= 4 is 22.4 Å². The monoisotopic (exact) mass is 463 g/mol. The van der Waals surface area contributed by atoms with Crippen LogP contribution in [0.25, 0.3) is 22.4 Å². The molecule has 0 amide bonds. The number of hydrogen-bond acceptors (Lipinski definition) is 7. The van der Waals surface area contributed by atoms with Gasteiger partial charge in [-0.25, -0.2) is 0 Å². The number of benzene rings is 2. The van der Waals surface area contributed by atoms with E-state index < -0.39 is 0 Å². The molecule has 4 aromatic rings. The highest BCUT2D eigenvalue weighted by Gasteiger charge is 2.13. The Kier molecular flexibility index (Phi) is 6.74. The van der Waals surface area contributed by atoms with E-state index in [9.17, 15) is 4.79 Å². The van der Waals surface area contributed by atoms with Crippen molar-refractivity contribution in [3.63, 3.8) is 0 Å². The summed E-state index contributed by atoms with van der Waals surface area (Å²) in [6, 6.07) is 13.0. The Morgan fingerprint density at radius 1 is 1.12 bits per heavy atom. The SMILES string of the molecule is C=CCOc1ccc(-c2nc3sc(=Cc4ccc(OCC(C)C)c(OC)c4)c(=O)n3n2)cc1. The van der Waals surface area contributed by atoms with Crippen molar-refractivity contribution in [1.29, 1.82) is 0 Å². The van der Waals surface area contributed by atoms with Gasteiger partial charge < -0.3 is 14.2 Å². The van der Waals surface area contributed by atoms with Gasteiger partial charge in [0.15, 0.2) is 17.3 Å². The number of aromatic nitrogens is 3. The van der Waals surface area contributed by atoms with E-state index in [-0.39, 0.29) is 5.56 Å². The molecule has 0 aliphatic carbocycles. The number of methoxy groups -OCH3 is 1. The van der Waals surface area contributed by atoms with Crippen molar-refractivity contribution in [2.75, 3.05) is 20.3 Å². The molecule has 0 spiro atoms. The molecule has 0 saturated carbocycles. The number of rotatable bonds is 9. The van der Waals surface area contributed by atoms with Gasteiger partial charge in [0, 0.05) is 5.56 Å². The average molecular weight is 464 g/mol. The fourth-order valence-corrected chi connectivity index (χ4v) is 4.02. The van der Waals surface area contributed by atoms with E-state index in [2.05, 4.69) is 30.5 Å². The van der Waals surface area contributed by atoms with Crippen molar-refractivity contribution in [3.05, 3.63) is 75.6 Å². The second kappa shape index (κ2) is 9.87. The summed E-state index contributed by atoms with van der Waals surface area (Å²) >= 11 is 1.29. The van der Waals surface area contributed by atoms with Crippen LogP contribution in [0.3, 0.4) is 0 Å². The van der Waals surface area contributed by atoms with Crippen molar-refractivity contribution < 1.29 is 14.2 Å². The zero-order valence-corrected chi connectivity index (χ0v) is 19.6. The molecule has 8 heteroatoms. The predicted octanol–water partition coefficient (Wildman–Crippen LogP) is 3.97. The number of nitrogens with zero attached hydrogens (tertiary/aromatic N) is 3. The van der Waals surface area contributed by atoms with E-state index >= 15 is 0 Å². The molecule has 0 N–H and O–H groups in total. The fourth-order valence-electron chi connectivity index (χ4n) is 3.11. The number of ether oxygens (including phenoxy) is 3. The molecule has 7 nitrogen and oxygen atoms in total. The first-order valence-electron chi connectivity index (χ1n) is 10.5. The maximum atomic E-state index is 12.9. The zero-order chi connectivity index (χ0) is 23.4.